The van der Waals surface area contributed by atoms with Crippen molar-refractivity contribution in [2.24, 2.45) is 0 Å². The zero-order valence-electron chi connectivity index (χ0n) is 13.4. The summed E-state index contributed by atoms with van der Waals surface area (Å²) in [5, 5.41) is 6.54. The fourth-order valence-corrected chi connectivity index (χ4v) is 2.21. The molecule has 0 atom stereocenters. The molecule has 0 saturated heterocycles. The number of carbonyl (C=O) groups is 1. The molecule has 0 aliphatic rings. The number of hydrogen-bond acceptors (Lipinski definition) is 4. The Bertz CT molecular complexity index is 601. The Hall–Kier alpha value is -2.14. The number of nitrogens with zero attached hydrogens (tertiary/aromatic N) is 2. The fraction of sp³-hybridized carbons (Fsp3) is 0.412. The molecule has 1 amide bonds. The van der Waals surface area contributed by atoms with Crippen LogP contribution in [0.2, 0.25) is 0 Å². The Morgan fingerprint density at radius 2 is 1.82 bits per heavy atom. The van der Waals surface area contributed by atoms with E-state index in [0.29, 0.717) is 18.0 Å². The molecule has 0 aliphatic heterocycles. The summed E-state index contributed by atoms with van der Waals surface area (Å²) in [7, 11) is 0. The number of hydrogen-bond donors (Lipinski definition) is 1. The van der Waals surface area contributed by atoms with Crippen LogP contribution in [0.15, 0.2) is 34.9 Å². The molecule has 22 heavy (non-hydrogen) atoms. The van der Waals surface area contributed by atoms with Gasteiger partial charge in [-0.15, -0.1) is 0 Å². The van der Waals surface area contributed by atoms with Gasteiger partial charge in [-0.2, -0.15) is 0 Å². The minimum atomic E-state index is -0.218. The highest BCUT2D eigenvalue weighted by Crippen LogP contribution is 2.08. The van der Waals surface area contributed by atoms with Gasteiger partial charge in [0.15, 0.2) is 5.69 Å². The topological polar surface area (TPSA) is 58.4 Å². The molecule has 1 aromatic heterocycles. The Morgan fingerprint density at radius 3 is 2.36 bits per heavy atom. The molecule has 0 bridgehead atoms. The molecule has 0 fully saturated rings. The predicted octanol–water partition coefficient (Wildman–Crippen LogP) is 2.75. The first kappa shape index (κ1) is 16.2. The summed E-state index contributed by atoms with van der Waals surface area (Å²) >= 11 is 0. The first-order chi connectivity index (χ1) is 10.6. The second-order valence-corrected chi connectivity index (χ2v) is 5.28. The lowest BCUT2D eigenvalue weighted by Crippen LogP contribution is -2.23. The van der Waals surface area contributed by atoms with Gasteiger partial charge in [-0.1, -0.05) is 43.3 Å². The molecule has 0 radical (unpaired) electrons. The second-order valence-electron chi connectivity index (χ2n) is 5.28. The Balaban J connectivity index is 1.87. The van der Waals surface area contributed by atoms with Crippen molar-refractivity contribution in [1.29, 1.82) is 0 Å². The van der Waals surface area contributed by atoms with Gasteiger partial charge in [0.2, 0.25) is 0 Å². The van der Waals surface area contributed by atoms with Crippen molar-refractivity contribution in [3.8, 4) is 0 Å². The molecule has 0 unspecified atom stereocenters. The van der Waals surface area contributed by atoms with E-state index in [4.69, 9.17) is 4.52 Å². The van der Waals surface area contributed by atoms with Crippen LogP contribution >= 0.6 is 0 Å². The van der Waals surface area contributed by atoms with Crippen LogP contribution in [0.3, 0.4) is 0 Å². The zero-order valence-corrected chi connectivity index (χ0v) is 13.4. The van der Waals surface area contributed by atoms with Crippen molar-refractivity contribution in [1.82, 2.24) is 15.4 Å². The lowest BCUT2D eigenvalue weighted by molar-refractivity contribution is 0.0942. The maximum Gasteiger partial charge on any atom is 0.273 e. The zero-order chi connectivity index (χ0) is 15.9. The van der Waals surface area contributed by atoms with Crippen molar-refractivity contribution >= 4 is 5.91 Å². The second kappa shape index (κ2) is 7.75. The molecule has 1 N–H and O–H groups in total. The largest absolute Gasteiger partial charge is 0.361 e. The number of nitrogens with one attached hydrogen (secondary N) is 1. The van der Waals surface area contributed by atoms with Gasteiger partial charge in [-0.05, 0) is 31.1 Å². The number of aromatic nitrogens is 1. The summed E-state index contributed by atoms with van der Waals surface area (Å²) in [6, 6.07) is 9.95. The van der Waals surface area contributed by atoms with Gasteiger partial charge < -0.3 is 9.84 Å². The van der Waals surface area contributed by atoms with Crippen LogP contribution in [-0.4, -0.2) is 29.1 Å². The molecule has 0 saturated carbocycles. The minimum absolute atomic E-state index is 0.218. The van der Waals surface area contributed by atoms with Crippen LogP contribution in [0.5, 0.6) is 0 Å². The molecule has 5 nitrogen and oxygen atoms in total. The van der Waals surface area contributed by atoms with Crippen LogP contribution < -0.4 is 5.32 Å². The highest BCUT2D eigenvalue weighted by molar-refractivity contribution is 5.92. The lowest BCUT2D eigenvalue weighted by Gasteiger charge is -2.18. The maximum atomic E-state index is 11.9. The van der Waals surface area contributed by atoms with E-state index in [-0.39, 0.29) is 5.91 Å². The summed E-state index contributed by atoms with van der Waals surface area (Å²) in [5.74, 6) is 0.412. The van der Waals surface area contributed by atoms with Gasteiger partial charge in [-0.25, -0.2) is 0 Å². The number of amides is 1. The van der Waals surface area contributed by atoms with Crippen LogP contribution in [-0.2, 0) is 13.1 Å². The van der Waals surface area contributed by atoms with Crippen LogP contribution in [0.4, 0.5) is 0 Å². The van der Waals surface area contributed by atoms with Crippen molar-refractivity contribution in [3.05, 3.63) is 52.9 Å². The Kier molecular flexibility index (Phi) is 5.72. The normalized spacial score (nSPS) is 10.9. The third-order valence-electron chi connectivity index (χ3n) is 3.64. The van der Waals surface area contributed by atoms with E-state index in [9.17, 15) is 4.79 Å². The summed E-state index contributed by atoms with van der Waals surface area (Å²) in [6.07, 6.45) is 0. The van der Waals surface area contributed by atoms with Gasteiger partial charge in [0.25, 0.3) is 5.91 Å². The maximum absolute atomic E-state index is 11.9. The average molecular weight is 301 g/mol. The summed E-state index contributed by atoms with van der Waals surface area (Å²) in [6.45, 7) is 9.63. The van der Waals surface area contributed by atoms with E-state index in [1.54, 1.807) is 13.0 Å². The van der Waals surface area contributed by atoms with E-state index in [1.807, 2.05) is 12.1 Å². The molecule has 2 aromatic rings. The summed E-state index contributed by atoms with van der Waals surface area (Å²) in [4.78, 5) is 14.2. The molecule has 5 heteroatoms. The van der Waals surface area contributed by atoms with Gasteiger partial charge in [0.05, 0.1) is 0 Å². The van der Waals surface area contributed by atoms with E-state index < -0.39 is 0 Å². The molecular weight excluding hydrogens is 278 g/mol. The highest BCUT2D eigenvalue weighted by atomic mass is 16.5. The molecule has 0 spiro atoms. The fourth-order valence-electron chi connectivity index (χ4n) is 2.21. The number of carbonyl (C=O) groups excluding carboxylic acids is 1. The number of rotatable bonds is 7. The standard InChI is InChI=1S/C17H23N3O2/c1-4-20(5-2)12-15-8-6-14(7-9-15)11-18-17(21)16-10-13(3)22-19-16/h6-10H,4-5,11-12H2,1-3H3,(H,18,21). The first-order valence-electron chi connectivity index (χ1n) is 7.64. The Morgan fingerprint density at radius 1 is 1.18 bits per heavy atom. The molecule has 0 aliphatic carbocycles. The van der Waals surface area contributed by atoms with Crippen molar-refractivity contribution in [3.63, 3.8) is 0 Å². The van der Waals surface area contributed by atoms with Gasteiger partial charge in [0.1, 0.15) is 5.76 Å². The molecule has 118 valence electrons. The van der Waals surface area contributed by atoms with Gasteiger partial charge in [0, 0.05) is 19.2 Å². The quantitative estimate of drug-likeness (QED) is 0.854. The third kappa shape index (κ3) is 4.43. The van der Waals surface area contributed by atoms with E-state index in [2.05, 4.69) is 41.4 Å². The molecule has 2 rings (SSSR count). The lowest BCUT2D eigenvalue weighted by atomic mass is 10.1. The van der Waals surface area contributed by atoms with Gasteiger partial charge in [-0.3, -0.25) is 9.69 Å². The van der Waals surface area contributed by atoms with E-state index in [1.165, 1.54) is 5.56 Å². The van der Waals surface area contributed by atoms with E-state index >= 15 is 0 Å². The average Bonchev–Trinajstić information content (AvgIpc) is 2.98. The van der Waals surface area contributed by atoms with Gasteiger partial charge >= 0.3 is 0 Å². The van der Waals surface area contributed by atoms with Crippen molar-refractivity contribution < 1.29 is 9.32 Å². The smallest absolute Gasteiger partial charge is 0.273 e. The van der Waals surface area contributed by atoms with Crippen molar-refractivity contribution in [2.75, 3.05) is 13.1 Å². The third-order valence-corrected chi connectivity index (χ3v) is 3.64. The number of aryl methyl sites for hydroxylation is 1. The summed E-state index contributed by atoms with van der Waals surface area (Å²) in [5.41, 5.74) is 2.67. The number of benzene rings is 1. The molecule has 1 aromatic carbocycles. The van der Waals surface area contributed by atoms with Crippen LogP contribution in [0.25, 0.3) is 0 Å². The van der Waals surface area contributed by atoms with Crippen molar-refractivity contribution in [2.45, 2.75) is 33.9 Å². The van der Waals surface area contributed by atoms with Crippen LogP contribution in [0, 0.1) is 6.92 Å². The summed E-state index contributed by atoms with van der Waals surface area (Å²) < 4.78 is 4.90. The molecule has 1 heterocycles. The molecular formula is C17H23N3O2. The highest BCUT2D eigenvalue weighted by Gasteiger charge is 2.10. The monoisotopic (exact) mass is 301 g/mol. The Labute approximate surface area is 131 Å². The van der Waals surface area contributed by atoms with E-state index in [0.717, 1.165) is 25.2 Å². The predicted molar refractivity (Wildman–Crippen MR) is 85.5 cm³/mol. The van der Waals surface area contributed by atoms with Crippen LogP contribution in [0.1, 0.15) is 41.2 Å². The first-order valence-corrected chi connectivity index (χ1v) is 7.64. The SMILES string of the molecule is CCN(CC)Cc1ccc(CNC(=O)c2cc(C)on2)cc1. The minimum Gasteiger partial charge on any atom is -0.361 e.